The van der Waals surface area contributed by atoms with Crippen LogP contribution in [-0.4, -0.2) is 18.1 Å². The Bertz CT molecular complexity index is 628. The highest BCUT2D eigenvalue weighted by atomic mass is 16.5. The molecule has 4 aliphatic carbocycles. The third-order valence-electron chi connectivity index (χ3n) is 6.22. The molecule has 4 saturated carbocycles. The number of amides is 1. The Morgan fingerprint density at radius 2 is 1.80 bits per heavy atom. The predicted octanol–water partition coefficient (Wildman–Crippen LogP) is 4.57. The Kier molecular flexibility index (Phi) is 4.58. The van der Waals surface area contributed by atoms with Crippen molar-refractivity contribution in [2.75, 3.05) is 6.61 Å². The molecule has 134 valence electrons. The van der Waals surface area contributed by atoms with Crippen LogP contribution in [0.1, 0.15) is 57.4 Å². The average molecular weight is 339 g/mol. The second-order valence-electron chi connectivity index (χ2n) is 8.41. The van der Waals surface area contributed by atoms with E-state index >= 15 is 0 Å². The number of hydrogen-bond donors (Lipinski definition) is 1. The Balaban J connectivity index is 1.42. The molecule has 1 aromatic carbocycles. The minimum Gasteiger partial charge on any atom is -0.493 e. The van der Waals surface area contributed by atoms with Crippen LogP contribution in [0, 0.1) is 17.8 Å². The van der Waals surface area contributed by atoms with Gasteiger partial charge in [0, 0.05) is 17.2 Å². The molecular weight excluding hydrogens is 310 g/mol. The summed E-state index contributed by atoms with van der Waals surface area (Å²) in [6, 6.07) is 7.92. The molecule has 0 spiro atoms. The van der Waals surface area contributed by atoms with Gasteiger partial charge in [0.25, 0.3) is 0 Å². The van der Waals surface area contributed by atoms with Crippen LogP contribution >= 0.6 is 0 Å². The molecule has 4 aliphatic rings. The molecule has 0 heterocycles. The Morgan fingerprint density at radius 3 is 2.44 bits per heavy atom. The summed E-state index contributed by atoms with van der Waals surface area (Å²) in [5, 5.41) is 3.39. The third-order valence-corrected chi connectivity index (χ3v) is 6.22. The number of hydrogen-bond acceptors (Lipinski definition) is 2. The van der Waals surface area contributed by atoms with E-state index in [-0.39, 0.29) is 11.4 Å². The van der Waals surface area contributed by atoms with E-state index in [1.54, 1.807) is 6.08 Å². The van der Waals surface area contributed by atoms with Crippen LogP contribution in [0.4, 0.5) is 0 Å². The van der Waals surface area contributed by atoms with E-state index in [0.717, 1.165) is 35.5 Å². The van der Waals surface area contributed by atoms with Gasteiger partial charge in [0.15, 0.2) is 0 Å². The van der Waals surface area contributed by atoms with Crippen molar-refractivity contribution in [3.05, 3.63) is 35.9 Å². The van der Waals surface area contributed by atoms with E-state index in [1.165, 1.54) is 38.5 Å². The van der Waals surface area contributed by atoms with Crippen molar-refractivity contribution in [1.29, 1.82) is 0 Å². The van der Waals surface area contributed by atoms with Crippen molar-refractivity contribution in [2.45, 2.75) is 57.4 Å². The standard InChI is InChI=1S/C22H29NO2/c1-2-9-25-20-6-4-3-5-19(20)7-8-21(24)23-22-13-16-10-17(14-22)12-18(11-16)15-22/h3-8,16-18H,2,9-15H2,1H3,(H,23,24)/b8-7+. The van der Waals surface area contributed by atoms with Crippen LogP contribution in [0.5, 0.6) is 5.75 Å². The topological polar surface area (TPSA) is 38.3 Å². The first-order valence-electron chi connectivity index (χ1n) is 9.88. The number of rotatable bonds is 6. The summed E-state index contributed by atoms with van der Waals surface area (Å²) in [4.78, 5) is 12.6. The first kappa shape index (κ1) is 16.7. The fourth-order valence-corrected chi connectivity index (χ4v) is 5.69. The normalized spacial score (nSPS) is 32.9. The maximum Gasteiger partial charge on any atom is 0.244 e. The second kappa shape index (κ2) is 6.86. The SMILES string of the molecule is CCCOc1ccccc1/C=C/C(=O)NC12CC3CC(CC(C3)C1)C2. The van der Waals surface area contributed by atoms with Gasteiger partial charge in [-0.2, -0.15) is 0 Å². The monoisotopic (exact) mass is 339 g/mol. The van der Waals surface area contributed by atoms with E-state index in [2.05, 4.69) is 12.2 Å². The fourth-order valence-electron chi connectivity index (χ4n) is 5.69. The third kappa shape index (κ3) is 3.61. The summed E-state index contributed by atoms with van der Waals surface area (Å²) in [7, 11) is 0. The lowest BCUT2D eigenvalue weighted by Crippen LogP contribution is -2.59. The predicted molar refractivity (Wildman–Crippen MR) is 100 cm³/mol. The zero-order valence-corrected chi connectivity index (χ0v) is 15.2. The van der Waals surface area contributed by atoms with Gasteiger partial charge in [0.2, 0.25) is 5.91 Å². The van der Waals surface area contributed by atoms with Crippen LogP contribution in [0.3, 0.4) is 0 Å². The number of carbonyl (C=O) groups excluding carboxylic acids is 1. The number of nitrogens with one attached hydrogen (secondary N) is 1. The Morgan fingerprint density at radius 1 is 1.16 bits per heavy atom. The molecule has 0 aliphatic heterocycles. The molecule has 1 amide bonds. The van der Waals surface area contributed by atoms with Gasteiger partial charge in [-0.3, -0.25) is 4.79 Å². The highest BCUT2D eigenvalue weighted by molar-refractivity contribution is 5.92. The van der Waals surface area contributed by atoms with E-state index in [9.17, 15) is 4.79 Å². The van der Waals surface area contributed by atoms with Gasteiger partial charge in [-0.15, -0.1) is 0 Å². The van der Waals surface area contributed by atoms with Crippen molar-refractivity contribution in [2.24, 2.45) is 17.8 Å². The zero-order valence-electron chi connectivity index (χ0n) is 15.2. The summed E-state index contributed by atoms with van der Waals surface area (Å²) in [5.41, 5.74) is 1.05. The summed E-state index contributed by atoms with van der Waals surface area (Å²) in [6.07, 6.45) is 12.3. The van der Waals surface area contributed by atoms with Crippen molar-refractivity contribution >= 4 is 12.0 Å². The quantitative estimate of drug-likeness (QED) is 0.771. The highest BCUT2D eigenvalue weighted by Crippen LogP contribution is 2.55. The van der Waals surface area contributed by atoms with E-state index < -0.39 is 0 Å². The van der Waals surface area contributed by atoms with Gasteiger partial charge in [0.05, 0.1) is 6.61 Å². The minimum atomic E-state index is 0.0484. The second-order valence-corrected chi connectivity index (χ2v) is 8.41. The molecule has 3 heteroatoms. The van der Waals surface area contributed by atoms with Gasteiger partial charge < -0.3 is 10.1 Å². The summed E-state index contributed by atoms with van der Waals surface area (Å²) in [6.45, 7) is 2.79. The average Bonchev–Trinajstić information content (AvgIpc) is 2.57. The van der Waals surface area contributed by atoms with Crippen molar-refractivity contribution in [3.63, 3.8) is 0 Å². The van der Waals surface area contributed by atoms with Gasteiger partial charge >= 0.3 is 0 Å². The number of para-hydroxylation sites is 1. The summed E-state index contributed by atoms with van der Waals surface area (Å²) < 4.78 is 5.77. The molecule has 25 heavy (non-hydrogen) atoms. The lowest BCUT2D eigenvalue weighted by Gasteiger charge is -2.56. The lowest BCUT2D eigenvalue weighted by atomic mass is 9.53. The molecule has 0 radical (unpaired) electrons. The molecule has 0 unspecified atom stereocenters. The van der Waals surface area contributed by atoms with Gasteiger partial charge in [-0.05, 0) is 74.8 Å². The Hall–Kier alpha value is -1.77. The molecule has 3 nitrogen and oxygen atoms in total. The summed E-state index contributed by atoms with van der Waals surface area (Å²) >= 11 is 0. The molecule has 0 aromatic heterocycles. The van der Waals surface area contributed by atoms with Crippen molar-refractivity contribution < 1.29 is 9.53 Å². The van der Waals surface area contributed by atoms with Gasteiger partial charge in [-0.1, -0.05) is 25.1 Å². The highest BCUT2D eigenvalue weighted by Gasteiger charge is 2.51. The molecule has 5 rings (SSSR count). The molecule has 0 saturated heterocycles. The Labute approximate surface area is 150 Å². The molecule has 4 bridgehead atoms. The van der Waals surface area contributed by atoms with Crippen molar-refractivity contribution in [3.8, 4) is 5.75 Å². The summed E-state index contributed by atoms with van der Waals surface area (Å²) in [5.74, 6) is 3.44. The fraction of sp³-hybridized carbons (Fsp3) is 0.591. The first-order valence-corrected chi connectivity index (χ1v) is 9.88. The van der Waals surface area contributed by atoms with Crippen LogP contribution in [0.2, 0.25) is 0 Å². The van der Waals surface area contributed by atoms with Crippen LogP contribution in [0.25, 0.3) is 6.08 Å². The molecule has 1 aromatic rings. The van der Waals surface area contributed by atoms with Crippen LogP contribution in [-0.2, 0) is 4.79 Å². The van der Waals surface area contributed by atoms with E-state index in [0.29, 0.717) is 6.61 Å². The zero-order chi connectivity index (χ0) is 17.3. The first-order chi connectivity index (χ1) is 12.2. The molecule has 1 N–H and O–H groups in total. The lowest BCUT2D eigenvalue weighted by molar-refractivity contribution is -0.122. The number of benzene rings is 1. The minimum absolute atomic E-state index is 0.0484. The van der Waals surface area contributed by atoms with Crippen LogP contribution in [0.15, 0.2) is 30.3 Å². The molecule has 0 atom stereocenters. The maximum atomic E-state index is 12.6. The van der Waals surface area contributed by atoms with E-state index in [1.807, 2.05) is 30.3 Å². The van der Waals surface area contributed by atoms with Gasteiger partial charge in [0.1, 0.15) is 5.75 Å². The van der Waals surface area contributed by atoms with E-state index in [4.69, 9.17) is 4.74 Å². The largest absolute Gasteiger partial charge is 0.493 e. The molecular formula is C22H29NO2. The maximum absolute atomic E-state index is 12.6. The van der Waals surface area contributed by atoms with Gasteiger partial charge in [-0.25, -0.2) is 0 Å². The number of carbonyl (C=O) groups is 1. The molecule has 4 fully saturated rings. The smallest absolute Gasteiger partial charge is 0.244 e. The number of ether oxygens (including phenoxy) is 1. The van der Waals surface area contributed by atoms with Crippen molar-refractivity contribution in [1.82, 2.24) is 5.32 Å². The van der Waals surface area contributed by atoms with Crippen LogP contribution < -0.4 is 10.1 Å².